The molecule has 0 radical (unpaired) electrons. The molecule has 232 valence electrons. The van der Waals surface area contributed by atoms with E-state index < -0.39 is 28.6 Å². The third-order valence-corrected chi connectivity index (χ3v) is 11.2. The SMILES string of the molecule is CCCCCCCCCCCCCCCC(=O)O[C@@]12C[C@@H](C)[C@@]3(O)[C@@H](C=C(CO)C[C@]4(O)C(=O)C(C)=C[C@@H]34)[C@@H]1C2C. The summed E-state index contributed by atoms with van der Waals surface area (Å²) in [5.74, 6) is -2.05. The summed E-state index contributed by atoms with van der Waals surface area (Å²) >= 11 is 0. The van der Waals surface area contributed by atoms with Crippen LogP contribution >= 0.6 is 0 Å². The van der Waals surface area contributed by atoms with Crippen LogP contribution < -0.4 is 0 Å². The summed E-state index contributed by atoms with van der Waals surface area (Å²) in [4.78, 5) is 26.0. The van der Waals surface area contributed by atoms with E-state index in [2.05, 4.69) is 13.8 Å². The lowest BCUT2D eigenvalue weighted by Gasteiger charge is -2.50. The quantitative estimate of drug-likeness (QED) is 0.109. The second-order valence-corrected chi connectivity index (χ2v) is 14.0. The van der Waals surface area contributed by atoms with Crippen molar-refractivity contribution in [2.24, 2.45) is 29.6 Å². The summed E-state index contributed by atoms with van der Waals surface area (Å²) in [6, 6.07) is 0. The summed E-state index contributed by atoms with van der Waals surface area (Å²) < 4.78 is 6.24. The normalized spacial score (nSPS) is 37.4. The topological polar surface area (TPSA) is 104 Å². The van der Waals surface area contributed by atoms with Gasteiger partial charge in [0.15, 0.2) is 5.78 Å². The van der Waals surface area contributed by atoms with Crippen molar-refractivity contribution in [2.75, 3.05) is 6.61 Å². The van der Waals surface area contributed by atoms with Gasteiger partial charge < -0.3 is 20.1 Å². The van der Waals surface area contributed by atoms with E-state index >= 15 is 0 Å². The predicted molar refractivity (Wildman–Crippen MR) is 161 cm³/mol. The Hall–Kier alpha value is -1.50. The van der Waals surface area contributed by atoms with Gasteiger partial charge in [0, 0.05) is 36.5 Å². The van der Waals surface area contributed by atoms with Crippen molar-refractivity contribution >= 4 is 11.8 Å². The van der Waals surface area contributed by atoms with Crippen LogP contribution in [0.5, 0.6) is 0 Å². The van der Waals surface area contributed by atoms with Gasteiger partial charge in [-0.1, -0.05) is 110 Å². The van der Waals surface area contributed by atoms with Crippen LogP contribution in [0.2, 0.25) is 0 Å². The highest BCUT2D eigenvalue weighted by molar-refractivity contribution is 6.04. The molecule has 0 aromatic carbocycles. The molecule has 0 spiro atoms. The third kappa shape index (κ3) is 6.26. The first-order chi connectivity index (χ1) is 19.6. The number of Topliss-reactive ketones (excluding diaryl/α,β-unsaturated/α-hetero) is 1. The maximum absolute atomic E-state index is 13.0. The van der Waals surface area contributed by atoms with Gasteiger partial charge in [-0.05, 0) is 36.8 Å². The summed E-state index contributed by atoms with van der Waals surface area (Å²) in [7, 11) is 0. The van der Waals surface area contributed by atoms with E-state index in [1.54, 1.807) is 13.0 Å². The molecule has 2 fully saturated rings. The zero-order chi connectivity index (χ0) is 29.8. The molecule has 4 aliphatic rings. The molecule has 0 saturated heterocycles. The van der Waals surface area contributed by atoms with Crippen molar-refractivity contribution in [3.8, 4) is 0 Å². The lowest BCUT2D eigenvalue weighted by atomic mass is 9.60. The smallest absolute Gasteiger partial charge is 0.306 e. The van der Waals surface area contributed by atoms with E-state index in [4.69, 9.17) is 4.74 Å². The number of hydrogen-bond donors (Lipinski definition) is 3. The van der Waals surface area contributed by atoms with E-state index in [0.29, 0.717) is 24.0 Å². The van der Waals surface area contributed by atoms with E-state index in [1.807, 2.05) is 13.0 Å². The monoisotopic (exact) mass is 572 g/mol. The van der Waals surface area contributed by atoms with E-state index in [9.17, 15) is 24.9 Å². The minimum absolute atomic E-state index is 0.0132. The molecule has 0 aliphatic heterocycles. The first-order valence-corrected chi connectivity index (χ1v) is 16.8. The van der Waals surface area contributed by atoms with Crippen LogP contribution in [0.4, 0.5) is 0 Å². The van der Waals surface area contributed by atoms with E-state index in [-0.39, 0.29) is 42.5 Å². The summed E-state index contributed by atoms with van der Waals surface area (Å²) in [6.07, 6.45) is 20.9. The number of carbonyl (C=O) groups excluding carboxylic acids is 2. The lowest BCUT2D eigenvalue weighted by molar-refractivity contribution is -0.187. The summed E-state index contributed by atoms with van der Waals surface area (Å²) in [6.45, 7) is 7.68. The van der Waals surface area contributed by atoms with Crippen LogP contribution in [0.25, 0.3) is 0 Å². The zero-order valence-electron chi connectivity index (χ0n) is 26.1. The predicted octanol–water partition coefficient (Wildman–Crippen LogP) is 6.60. The Labute approximate surface area is 248 Å². The average molecular weight is 573 g/mol. The molecule has 4 rings (SSSR count). The molecular formula is C35H56O6. The van der Waals surface area contributed by atoms with Gasteiger partial charge in [0.05, 0.1) is 12.2 Å². The number of carbonyl (C=O) groups is 2. The van der Waals surface area contributed by atoms with Crippen LogP contribution in [0, 0.1) is 29.6 Å². The average Bonchev–Trinajstić information content (AvgIpc) is 3.45. The molecule has 41 heavy (non-hydrogen) atoms. The molecule has 0 aromatic heterocycles. The molecule has 6 nitrogen and oxygen atoms in total. The van der Waals surface area contributed by atoms with Gasteiger partial charge in [-0.2, -0.15) is 0 Å². The van der Waals surface area contributed by atoms with Crippen LogP contribution in [-0.2, 0) is 14.3 Å². The van der Waals surface area contributed by atoms with Gasteiger partial charge in [-0.15, -0.1) is 0 Å². The molecule has 0 amide bonds. The Bertz CT molecular complexity index is 1000. The second kappa shape index (κ2) is 13.4. The van der Waals surface area contributed by atoms with Crippen molar-refractivity contribution < 1.29 is 29.6 Å². The largest absolute Gasteiger partial charge is 0.458 e. The fourth-order valence-electron chi connectivity index (χ4n) is 8.75. The number of ketones is 1. The van der Waals surface area contributed by atoms with Crippen LogP contribution in [0.1, 0.15) is 130 Å². The van der Waals surface area contributed by atoms with Gasteiger partial charge in [-0.25, -0.2) is 0 Å². The second-order valence-electron chi connectivity index (χ2n) is 14.0. The third-order valence-electron chi connectivity index (χ3n) is 11.2. The van der Waals surface area contributed by atoms with Crippen molar-refractivity contribution in [3.05, 3.63) is 23.3 Å². The maximum atomic E-state index is 13.0. The first kappa shape index (κ1) is 32.4. The molecule has 6 heteroatoms. The Balaban J connectivity index is 1.26. The van der Waals surface area contributed by atoms with Crippen molar-refractivity contribution in [1.29, 1.82) is 0 Å². The van der Waals surface area contributed by atoms with E-state index in [0.717, 1.165) is 19.3 Å². The fraction of sp³-hybridized carbons (Fsp3) is 0.829. The first-order valence-electron chi connectivity index (χ1n) is 16.8. The number of rotatable bonds is 16. The Morgan fingerprint density at radius 1 is 0.927 bits per heavy atom. The maximum Gasteiger partial charge on any atom is 0.306 e. The number of fused-ring (bicyclic) bond motifs is 5. The van der Waals surface area contributed by atoms with E-state index in [1.165, 1.54) is 64.2 Å². The fourth-order valence-corrected chi connectivity index (χ4v) is 8.75. The highest BCUT2D eigenvalue weighted by Crippen LogP contribution is 2.70. The van der Waals surface area contributed by atoms with Gasteiger partial charge in [0.1, 0.15) is 11.2 Å². The summed E-state index contributed by atoms with van der Waals surface area (Å²) in [5.41, 5.74) is -2.72. The number of hydrogen-bond acceptors (Lipinski definition) is 6. The van der Waals surface area contributed by atoms with Crippen LogP contribution in [0.15, 0.2) is 23.3 Å². The lowest BCUT2D eigenvalue weighted by Crippen LogP contribution is -2.61. The molecule has 1 unspecified atom stereocenters. The minimum atomic E-state index is -1.75. The molecule has 0 bridgehead atoms. The van der Waals surface area contributed by atoms with Gasteiger partial charge in [0.2, 0.25) is 0 Å². The van der Waals surface area contributed by atoms with Crippen molar-refractivity contribution in [3.63, 3.8) is 0 Å². The van der Waals surface area contributed by atoms with Crippen molar-refractivity contribution in [1.82, 2.24) is 0 Å². The minimum Gasteiger partial charge on any atom is -0.458 e. The number of ether oxygens (including phenoxy) is 1. The Morgan fingerprint density at radius 3 is 2.05 bits per heavy atom. The van der Waals surface area contributed by atoms with Gasteiger partial charge in [0.25, 0.3) is 0 Å². The van der Waals surface area contributed by atoms with Crippen LogP contribution in [0.3, 0.4) is 0 Å². The molecule has 0 aromatic rings. The number of esters is 1. The number of unbranched alkanes of at least 4 members (excludes halogenated alkanes) is 12. The molecule has 3 N–H and O–H groups in total. The number of aliphatic hydroxyl groups excluding tert-OH is 1. The molecule has 2 saturated carbocycles. The molecule has 8 atom stereocenters. The molecule has 0 heterocycles. The standard InChI is InChI=1S/C35H56O6/c1-5-6-7-8-9-10-11-12-13-14-15-16-17-18-30(37)41-34-21-25(3)35(40)28(31(34)26(34)4)20-27(23-36)22-33(39)29(35)19-24(2)32(33)38/h19-20,25-26,28-29,31,36,39-40H,5-18,21-23H2,1-4H3/t25-,26?,28+,29-,31+,33-,34-,35-/m1/s1. The highest BCUT2D eigenvalue weighted by atomic mass is 16.6. The summed E-state index contributed by atoms with van der Waals surface area (Å²) in [5, 5.41) is 34.0. The number of aliphatic hydroxyl groups is 3. The van der Waals surface area contributed by atoms with Gasteiger partial charge >= 0.3 is 5.97 Å². The molecule has 4 aliphatic carbocycles. The van der Waals surface area contributed by atoms with Crippen molar-refractivity contribution in [2.45, 2.75) is 147 Å². The van der Waals surface area contributed by atoms with Gasteiger partial charge in [-0.3, -0.25) is 9.59 Å². The van der Waals surface area contributed by atoms with Crippen LogP contribution in [-0.4, -0.2) is 50.5 Å². The molecular weight excluding hydrogens is 516 g/mol. The Kier molecular flexibility index (Phi) is 10.6. The Morgan fingerprint density at radius 2 is 1.49 bits per heavy atom. The highest BCUT2D eigenvalue weighted by Gasteiger charge is 2.77. The zero-order valence-corrected chi connectivity index (χ0v) is 26.1.